The molecular weight excluding hydrogens is 722 g/mol. The molecule has 2 heterocycles. The van der Waals surface area contributed by atoms with Crippen molar-refractivity contribution >= 4 is 35.5 Å². The van der Waals surface area contributed by atoms with E-state index in [4.69, 9.17) is 9.47 Å². The predicted molar refractivity (Wildman–Crippen MR) is 209 cm³/mol. The van der Waals surface area contributed by atoms with E-state index in [2.05, 4.69) is 22.5 Å². The van der Waals surface area contributed by atoms with Gasteiger partial charge in [-0.05, 0) is 76.8 Å². The van der Waals surface area contributed by atoms with Crippen LogP contribution in [0.15, 0.2) is 35.3 Å². The number of phenolic OH excluding ortho intramolecular Hbond substituents is 1. The minimum atomic E-state index is -1.16. The number of nitrogens with one attached hydrogen (secondary N) is 2. The number of hydrogen-bond acceptors (Lipinski definition) is 11. The van der Waals surface area contributed by atoms with Gasteiger partial charge in [0.15, 0.2) is 6.04 Å². The standard InChI is InChI=1S/C41H63N5O10/c1-4-5-6-7-8-9-10-11-12-13-14-24-36(49)45(53)25-17-16-22-32(43-38(50)33-28-55-39(44-33)37-29(2)20-19-23-34(37)47)41(52)56-30(3)27-35(48)42-31-21-15-18-26-46(54)40(31)51/h14,19-20,23-24,30-33,47,53-54H,4-13,15-18,21-22,25-28H2,1-3H3,(H,42,48)(H,43,50)/t30-,31-,32-,33-/m1/s1. The summed E-state index contributed by atoms with van der Waals surface area (Å²) in [4.78, 5) is 68.7. The lowest BCUT2D eigenvalue weighted by molar-refractivity contribution is -0.167. The average molecular weight is 786 g/mol. The minimum Gasteiger partial charge on any atom is -0.507 e. The van der Waals surface area contributed by atoms with Crippen LogP contribution < -0.4 is 10.6 Å². The van der Waals surface area contributed by atoms with E-state index >= 15 is 0 Å². The van der Waals surface area contributed by atoms with Gasteiger partial charge in [-0.3, -0.25) is 29.6 Å². The molecule has 2 aliphatic heterocycles. The number of aliphatic imine (C=N–C) groups is 1. The number of carbonyl (C=O) groups excluding carboxylic acids is 5. The first-order valence-corrected chi connectivity index (χ1v) is 20.4. The van der Waals surface area contributed by atoms with Gasteiger partial charge in [-0.1, -0.05) is 76.5 Å². The number of amides is 4. The van der Waals surface area contributed by atoms with E-state index in [-0.39, 0.29) is 44.2 Å². The third kappa shape index (κ3) is 15.9. The number of carbonyl (C=O) groups is 5. The van der Waals surface area contributed by atoms with Crippen molar-refractivity contribution in [3.63, 3.8) is 0 Å². The quantitative estimate of drug-likeness (QED) is 0.0296. The Kier molecular flexibility index (Phi) is 20.4. The molecule has 1 saturated heterocycles. The Morgan fingerprint density at radius 3 is 2.48 bits per heavy atom. The van der Waals surface area contributed by atoms with Gasteiger partial charge in [0, 0.05) is 19.2 Å². The van der Waals surface area contributed by atoms with Gasteiger partial charge >= 0.3 is 5.97 Å². The summed E-state index contributed by atoms with van der Waals surface area (Å²) in [6.07, 6.45) is 15.9. The van der Waals surface area contributed by atoms with Crippen LogP contribution in [0.1, 0.15) is 134 Å². The highest BCUT2D eigenvalue weighted by molar-refractivity contribution is 6.01. The molecule has 0 unspecified atom stereocenters. The highest BCUT2D eigenvalue weighted by atomic mass is 16.5. The van der Waals surface area contributed by atoms with E-state index in [1.807, 2.05) is 0 Å². The van der Waals surface area contributed by atoms with E-state index < -0.39 is 53.8 Å². The molecule has 15 nitrogen and oxygen atoms in total. The molecule has 5 N–H and O–H groups in total. The predicted octanol–water partition coefficient (Wildman–Crippen LogP) is 5.40. The fraction of sp³-hybridized carbons (Fsp3) is 0.659. The van der Waals surface area contributed by atoms with Crippen LogP contribution in [0.3, 0.4) is 0 Å². The Hall–Kier alpha value is -4.50. The van der Waals surface area contributed by atoms with E-state index in [0.29, 0.717) is 53.4 Å². The fourth-order valence-corrected chi connectivity index (χ4v) is 6.65. The van der Waals surface area contributed by atoms with Crippen molar-refractivity contribution in [1.29, 1.82) is 0 Å². The number of benzene rings is 1. The number of ether oxygens (including phenoxy) is 2. The third-order valence-electron chi connectivity index (χ3n) is 9.91. The average Bonchev–Trinajstić information content (AvgIpc) is 3.59. The molecule has 1 fully saturated rings. The first-order chi connectivity index (χ1) is 26.9. The van der Waals surface area contributed by atoms with Crippen LogP contribution in [0.25, 0.3) is 0 Å². The van der Waals surface area contributed by atoms with Crippen molar-refractivity contribution in [1.82, 2.24) is 20.8 Å². The summed E-state index contributed by atoms with van der Waals surface area (Å²) >= 11 is 0. The van der Waals surface area contributed by atoms with Gasteiger partial charge in [-0.25, -0.2) is 19.9 Å². The zero-order chi connectivity index (χ0) is 40.9. The third-order valence-corrected chi connectivity index (χ3v) is 9.91. The summed E-state index contributed by atoms with van der Waals surface area (Å²) in [5.41, 5.74) is 1.07. The second-order valence-corrected chi connectivity index (χ2v) is 14.8. The Labute approximate surface area is 330 Å². The van der Waals surface area contributed by atoms with Crippen LogP contribution >= 0.6 is 0 Å². The van der Waals surface area contributed by atoms with Crippen LogP contribution in [0.5, 0.6) is 5.75 Å². The summed E-state index contributed by atoms with van der Waals surface area (Å²) in [5, 5.41) is 37.0. The van der Waals surface area contributed by atoms with Gasteiger partial charge in [0.05, 0.1) is 12.0 Å². The molecule has 312 valence electrons. The number of hydrogen-bond donors (Lipinski definition) is 5. The number of allylic oxidation sites excluding steroid dienone is 1. The number of nitrogens with zero attached hydrogens (tertiary/aromatic N) is 3. The molecule has 0 aliphatic carbocycles. The van der Waals surface area contributed by atoms with E-state index in [0.717, 1.165) is 19.3 Å². The highest BCUT2D eigenvalue weighted by Gasteiger charge is 2.33. The molecule has 4 amide bonds. The van der Waals surface area contributed by atoms with Crippen molar-refractivity contribution in [3.05, 3.63) is 41.5 Å². The number of rotatable bonds is 24. The first kappa shape index (κ1) is 45.9. The van der Waals surface area contributed by atoms with E-state index in [1.165, 1.54) is 64.0 Å². The van der Waals surface area contributed by atoms with Gasteiger partial charge in [-0.2, -0.15) is 0 Å². The van der Waals surface area contributed by atoms with Crippen LogP contribution in [0.4, 0.5) is 0 Å². The molecule has 1 aromatic carbocycles. The maximum absolute atomic E-state index is 13.4. The zero-order valence-corrected chi connectivity index (χ0v) is 33.4. The molecular formula is C41H63N5O10. The van der Waals surface area contributed by atoms with E-state index in [1.54, 1.807) is 25.1 Å². The van der Waals surface area contributed by atoms with Gasteiger partial charge in [0.1, 0.15) is 30.5 Å². The normalized spacial score (nSPS) is 18.1. The maximum atomic E-state index is 13.4. The van der Waals surface area contributed by atoms with Gasteiger partial charge < -0.3 is 25.2 Å². The Bertz CT molecular complexity index is 1480. The van der Waals surface area contributed by atoms with Crippen LogP contribution in [-0.4, -0.2) is 105 Å². The van der Waals surface area contributed by atoms with Crippen molar-refractivity contribution in [3.8, 4) is 5.75 Å². The number of esters is 1. The highest BCUT2D eigenvalue weighted by Crippen LogP contribution is 2.25. The number of aryl methyl sites for hydroxylation is 1. The summed E-state index contributed by atoms with van der Waals surface area (Å²) < 4.78 is 11.2. The molecule has 15 heteroatoms. The summed E-state index contributed by atoms with van der Waals surface area (Å²) in [7, 11) is 0. The van der Waals surface area contributed by atoms with E-state index in [9.17, 15) is 39.5 Å². The molecule has 0 aromatic heterocycles. The van der Waals surface area contributed by atoms with Gasteiger partial charge in [0.25, 0.3) is 11.8 Å². The van der Waals surface area contributed by atoms with Crippen LogP contribution in [-0.2, 0) is 33.4 Å². The SMILES string of the molecule is CCCCCCCCCCCC=CC(=O)N(O)CCCC[C@@H](NC(=O)[C@H]1COC(c2c(C)cccc2O)=N1)C(=O)O[C@H](C)CC(=O)N[C@@H]1CCCCN(O)C1=O. The molecule has 0 spiro atoms. The van der Waals surface area contributed by atoms with Crippen molar-refractivity contribution in [2.24, 2.45) is 4.99 Å². The van der Waals surface area contributed by atoms with Crippen molar-refractivity contribution in [2.75, 3.05) is 19.7 Å². The van der Waals surface area contributed by atoms with Crippen molar-refractivity contribution < 1.29 is 49.0 Å². The maximum Gasteiger partial charge on any atom is 0.328 e. The number of phenols is 1. The molecule has 2 aliphatic rings. The topological polar surface area (TPSA) is 207 Å². The lowest BCUT2D eigenvalue weighted by Gasteiger charge is -2.23. The van der Waals surface area contributed by atoms with Crippen molar-refractivity contribution in [2.45, 2.75) is 154 Å². The molecule has 0 saturated carbocycles. The van der Waals surface area contributed by atoms with Gasteiger partial charge in [-0.15, -0.1) is 0 Å². The number of aromatic hydroxyl groups is 1. The fourth-order valence-electron chi connectivity index (χ4n) is 6.65. The summed E-state index contributed by atoms with van der Waals surface area (Å²) in [6, 6.07) is 1.87. The second-order valence-electron chi connectivity index (χ2n) is 14.8. The summed E-state index contributed by atoms with van der Waals surface area (Å²) in [6.45, 7) is 5.56. The summed E-state index contributed by atoms with van der Waals surface area (Å²) in [5.74, 6) is -3.05. The molecule has 0 radical (unpaired) electrons. The number of hydroxylamine groups is 4. The first-order valence-electron chi connectivity index (χ1n) is 20.4. The zero-order valence-electron chi connectivity index (χ0n) is 33.4. The Balaban J connectivity index is 1.52. The Morgan fingerprint density at radius 2 is 1.77 bits per heavy atom. The molecule has 0 bridgehead atoms. The molecule has 3 rings (SSSR count). The van der Waals surface area contributed by atoms with Gasteiger partial charge in [0.2, 0.25) is 17.7 Å². The second kappa shape index (κ2) is 24.9. The lowest BCUT2D eigenvalue weighted by Crippen LogP contribution is -2.48. The number of unbranched alkanes of at least 4 members (excludes halogenated alkanes) is 10. The lowest BCUT2D eigenvalue weighted by atomic mass is 10.1. The van der Waals surface area contributed by atoms with Crippen LogP contribution in [0.2, 0.25) is 0 Å². The largest absolute Gasteiger partial charge is 0.507 e. The Morgan fingerprint density at radius 1 is 1.05 bits per heavy atom. The van der Waals surface area contributed by atoms with Crippen LogP contribution in [0, 0.1) is 6.92 Å². The molecule has 4 atom stereocenters. The monoisotopic (exact) mass is 785 g/mol. The molecule has 56 heavy (non-hydrogen) atoms. The molecule has 1 aromatic rings. The smallest absolute Gasteiger partial charge is 0.328 e. The minimum absolute atomic E-state index is 0.00266.